The van der Waals surface area contributed by atoms with Crippen LogP contribution in [0.2, 0.25) is 10.0 Å². The third-order valence-corrected chi connectivity index (χ3v) is 3.31. The molecular weight excluding hydrogens is 330 g/mol. The molecule has 1 N–H and O–H groups in total. The van der Waals surface area contributed by atoms with E-state index < -0.39 is 11.7 Å². The van der Waals surface area contributed by atoms with Crippen molar-refractivity contribution in [1.29, 1.82) is 0 Å². The first-order valence-corrected chi connectivity index (χ1v) is 6.96. The summed E-state index contributed by atoms with van der Waals surface area (Å²) in [6.45, 7) is -0.314. The molecule has 2 rings (SSSR count). The largest absolute Gasteiger partial charge is 0.386 e. The van der Waals surface area contributed by atoms with E-state index in [1.165, 1.54) is 24.4 Å². The van der Waals surface area contributed by atoms with Crippen molar-refractivity contribution in [1.82, 2.24) is 0 Å². The van der Waals surface area contributed by atoms with Gasteiger partial charge in [-0.25, -0.2) is 4.39 Å². The van der Waals surface area contributed by atoms with Crippen LogP contribution in [0.3, 0.4) is 0 Å². The van der Waals surface area contributed by atoms with Crippen molar-refractivity contribution in [2.45, 2.75) is 0 Å². The molecule has 0 aliphatic rings. The molecule has 7 heteroatoms. The molecule has 0 aliphatic carbocycles. The number of hydrogen-bond acceptors (Lipinski definition) is 3. The van der Waals surface area contributed by atoms with E-state index in [1.807, 2.05) is 0 Å². The van der Waals surface area contributed by atoms with Gasteiger partial charge >= 0.3 is 0 Å². The van der Waals surface area contributed by atoms with Crippen molar-refractivity contribution >= 4 is 41.0 Å². The van der Waals surface area contributed by atoms with E-state index in [9.17, 15) is 9.18 Å². The lowest BCUT2D eigenvalue weighted by atomic mass is 10.2. The van der Waals surface area contributed by atoms with Gasteiger partial charge in [0.1, 0.15) is 5.82 Å². The monoisotopic (exact) mass is 340 g/mol. The molecule has 0 unspecified atom stereocenters. The van der Waals surface area contributed by atoms with Crippen LogP contribution in [0.1, 0.15) is 5.56 Å². The maximum absolute atomic E-state index is 13.3. The van der Waals surface area contributed by atoms with E-state index in [2.05, 4.69) is 10.5 Å². The van der Waals surface area contributed by atoms with E-state index in [0.717, 1.165) is 0 Å². The average Bonchev–Trinajstić information content (AvgIpc) is 2.49. The van der Waals surface area contributed by atoms with Gasteiger partial charge in [0.15, 0.2) is 6.61 Å². The van der Waals surface area contributed by atoms with Crippen LogP contribution in [0.4, 0.5) is 10.1 Å². The highest BCUT2D eigenvalue weighted by molar-refractivity contribution is 6.42. The van der Waals surface area contributed by atoms with Gasteiger partial charge in [0.25, 0.3) is 5.91 Å². The van der Waals surface area contributed by atoms with Crippen LogP contribution in [-0.2, 0) is 9.63 Å². The molecule has 0 atom stereocenters. The molecule has 0 bridgehead atoms. The minimum atomic E-state index is -0.427. The molecule has 0 spiro atoms. The van der Waals surface area contributed by atoms with E-state index >= 15 is 0 Å². The van der Waals surface area contributed by atoms with Crippen molar-refractivity contribution in [2.75, 3.05) is 11.9 Å². The zero-order valence-electron chi connectivity index (χ0n) is 11.2. The third-order valence-electron chi connectivity index (χ3n) is 2.57. The molecule has 0 fully saturated rings. The van der Waals surface area contributed by atoms with Gasteiger partial charge in [-0.3, -0.25) is 4.79 Å². The Morgan fingerprint density at radius 1 is 1.23 bits per heavy atom. The predicted molar refractivity (Wildman–Crippen MR) is 85.0 cm³/mol. The van der Waals surface area contributed by atoms with Crippen LogP contribution in [0.25, 0.3) is 0 Å². The number of anilines is 1. The number of nitrogens with zero attached hydrogens (tertiary/aromatic N) is 1. The first-order chi connectivity index (χ1) is 10.6. The highest BCUT2D eigenvalue weighted by atomic mass is 35.5. The number of amides is 1. The maximum atomic E-state index is 13.3. The van der Waals surface area contributed by atoms with Gasteiger partial charge in [-0.15, -0.1) is 0 Å². The molecular formula is C15H11Cl2FN2O2. The normalized spacial score (nSPS) is 10.7. The number of oxime groups is 1. The van der Waals surface area contributed by atoms with Gasteiger partial charge in [0, 0.05) is 11.3 Å². The minimum Gasteiger partial charge on any atom is -0.386 e. The lowest BCUT2D eigenvalue weighted by Gasteiger charge is -2.05. The van der Waals surface area contributed by atoms with Crippen molar-refractivity contribution in [3.63, 3.8) is 0 Å². The van der Waals surface area contributed by atoms with Gasteiger partial charge in [-0.1, -0.05) is 46.6 Å². The number of carbonyl (C=O) groups is 1. The van der Waals surface area contributed by atoms with Crippen molar-refractivity contribution in [3.8, 4) is 0 Å². The van der Waals surface area contributed by atoms with Crippen molar-refractivity contribution in [2.24, 2.45) is 5.16 Å². The molecule has 0 radical (unpaired) electrons. The Hall–Kier alpha value is -2.11. The quantitative estimate of drug-likeness (QED) is 0.657. The van der Waals surface area contributed by atoms with E-state index in [1.54, 1.807) is 24.3 Å². The lowest BCUT2D eigenvalue weighted by molar-refractivity contribution is -0.120. The molecule has 22 heavy (non-hydrogen) atoms. The van der Waals surface area contributed by atoms with Crippen molar-refractivity contribution < 1.29 is 14.0 Å². The number of hydrogen-bond donors (Lipinski definition) is 1. The maximum Gasteiger partial charge on any atom is 0.265 e. The summed E-state index contributed by atoms with van der Waals surface area (Å²) in [6.07, 6.45) is 1.20. The Bertz CT molecular complexity index is 708. The second kappa shape index (κ2) is 7.77. The van der Waals surface area contributed by atoms with E-state index in [-0.39, 0.29) is 12.2 Å². The third kappa shape index (κ3) is 4.72. The summed E-state index contributed by atoms with van der Waals surface area (Å²) in [5, 5.41) is 6.83. The van der Waals surface area contributed by atoms with Crippen molar-refractivity contribution in [3.05, 3.63) is 63.9 Å². The van der Waals surface area contributed by atoms with Gasteiger partial charge in [0.05, 0.1) is 16.3 Å². The highest BCUT2D eigenvalue weighted by Crippen LogP contribution is 2.24. The first-order valence-electron chi connectivity index (χ1n) is 6.21. The fraction of sp³-hybridized carbons (Fsp3) is 0.0667. The lowest BCUT2D eigenvalue weighted by Crippen LogP contribution is -2.16. The Morgan fingerprint density at radius 2 is 2.00 bits per heavy atom. The van der Waals surface area contributed by atoms with Crippen LogP contribution in [-0.4, -0.2) is 18.7 Å². The smallest absolute Gasteiger partial charge is 0.265 e. The van der Waals surface area contributed by atoms with Gasteiger partial charge in [-0.05, 0) is 24.3 Å². The molecule has 4 nitrogen and oxygen atoms in total. The summed E-state index contributed by atoms with van der Waals surface area (Å²) in [4.78, 5) is 16.4. The summed E-state index contributed by atoms with van der Waals surface area (Å²) in [5.41, 5.74) is 0.758. The van der Waals surface area contributed by atoms with E-state index in [4.69, 9.17) is 28.0 Å². The van der Waals surface area contributed by atoms with Crippen LogP contribution in [0.5, 0.6) is 0 Å². The molecule has 0 heterocycles. The van der Waals surface area contributed by atoms with Gasteiger partial charge in [0.2, 0.25) is 0 Å². The second-order valence-corrected chi connectivity index (χ2v) is 5.02. The molecule has 2 aromatic carbocycles. The summed E-state index contributed by atoms with van der Waals surface area (Å²) in [6, 6.07) is 10.8. The Balaban J connectivity index is 1.83. The number of carbonyl (C=O) groups excluding carboxylic acids is 1. The predicted octanol–water partition coefficient (Wildman–Crippen LogP) is 4.12. The average molecular weight is 341 g/mol. The van der Waals surface area contributed by atoms with E-state index in [0.29, 0.717) is 15.7 Å². The Labute approximate surface area is 136 Å². The topological polar surface area (TPSA) is 50.7 Å². The summed E-state index contributed by atoms with van der Waals surface area (Å²) in [7, 11) is 0. The van der Waals surface area contributed by atoms with Crippen LogP contribution in [0.15, 0.2) is 47.6 Å². The molecule has 114 valence electrons. The van der Waals surface area contributed by atoms with Crippen LogP contribution >= 0.6 is 23.2 Å². The first kappa shape index (κ1) is 16.3. The van der Waals surface area contributed by atoms with Crippen LogP contribution in [0, 0.1) is 5.82 Å². The Kier molecular flexibility index (Phi) is 5.75. The Morgan fingerprint density at radius 3 is 2.73 bits per heavy atom. The number of halogens is 3. The molecule has 0 aliphatic heterocycles. The number of benzene rings is 2. The standard InChI is InChI=1S/C15H11Cl2FN2O2/c16-12-6-5-11(7-13(12)17)20-15(21)9-22-19-8-10-3-1-2-4-14(10)18/h1-8H,9H2,(H,20,21)/b19-8-. The zero-order chi connectivity index (χ0) is 15.9. The van der Waals surface area contributed by atoms with Gasteiger partial charge < -0.3 is 10.2 Å². The second-order valence-electron chi connectivity index (χ2n) is 4.21. The fourth-order valence-corrected chi connectivity index (χ4v) is 1.84. The molecule has 0 saturated carbocycles. The molecule has 1 amide bonds. The molecule has 0 aromatic heterocycles. The minimum absolute atomic E-state index is 0.271. The zero-order valence-corrected chi connectivity index (χ0v) is 12.7. The molecule has 2 aromatic rings. The summed E-state index contributed by atoms with van der Waals surface area (Å²) < 4.78 is 13.3. The fourth-order valence-electron chi connectivity index (χ4n) is 1.54. The molecule has 0 saturated heterocycles. The summed E-state index contributed by atoms with van der Waals surface area (Å²) in [5.74, 6) is -0.848. The van der Waals surface area contributed by atoms with Gasteiger partial charge in [-0.2, -0.15) is 0 Å². The summed E-state index contributed by atoms with van der Waals surface area (Å²) >= 11 is 11.6. The highest BCUT2D eigenvalue weighted by Gasteiger charge is 2.05. The van der Waals surface area contributed by atoms with Crippen LogP contribution < -0.4 is 5.32 Å². The number of rotatable bonds is 5. The number of nitrogens with one attached hydrogen (secondary N) is 1. The SMILES string of the molecule is O=C(CO/N=C\c1ccccc1F)Nc1ccc(Cl)c(Cl)c1.